The van der Waals surface area contributed by atoms with Gasteiger partial charge in [-0.25, -0.2) is 29.9 Å². The van der Waals surface area contributed by atoms with Crippen LogP contribution in [-0.2, 0) is 0 Å². The van der Waals surface area contributed by atoms with Crippen molar-refractivity contribution in [2.24, 2.45) is 0 Å². The van der Waals surface area contributed by atoms with E-state index in [1.165, 1.54) is 36.4 Å². The summed E-state index contributed by atoms with van der Waals surface area (Å²) >= 11 is 0. The summed E-state index contributed by atoms with van der Waals surface area (Å²) in [4.78, 5) is 32.7. The molecule has 0 aliphatic carbocycles. The van der Waals surface area contributed by atoms with E-state index in [-0.39, 0.29) is 79.5 Å². The van der Waals surface area contributed by atoms with Crippen molar-refractivity contribution >= 4 is 33.2 Å². The standard InChI is InChI=1S/C34H10N16O/c35-7-15-1-23-24(2-16(15)8-36)44-29(43-23)21(13-41)31-48-32(22(14-42)30-45-25-3-17(9-37)18(10-38)4-26(25)46-30)50-33(49-31)34-47-27-5-19(11-39)20(12-40)6-28(27)51-34/h1-6,21-22H,(H,43,44)(H,45,46). The number of aromatic amines is 2. The van der Waals surface area contributed by atoms with Gasteiger partial charge in [-0.3, -0.25) is 0 Å². The van der Waals surface area contributed by atoms with Gasteiger partial charge in [-0.05, 0) is 30.3 Å². The van der Waals surface area contributed by atoms with Crippen LogP contribution in [0.5, 0.6) is 0 Å². The average Bonchev–Trinajstić information content (AvgIpc) is 3.89. The highest BCUT2D eigenvalue weighted by atomic mass is 16.3. The number of nitrogens with one attached hydrogen (secondary N) is 2. The number of nitrogens with zero attached hydrogens (tertiary/aromatic N) is 14. The maximum atomic E-state index is 10.4. The first kappa shape index (κ1) is 30.6. The molecule has 2 unspecified atom stereocenters. The molecule has 0 amide bonds. The van der Waals surface area contributed by atoms with Crippen LogP contribution in [0.15, 0.2) is 40.8 Å². The summed E-state index contributed by atoms with van der Waals surface area (Å²) < 4.78 is 5.88. The van der Waals surface area contributed by atoms with Crippen LogP contribution in [-0.4, -0.2) is 39.9 Å². The van der Waals surface area contributed by atoms with Crippen molar-refractivity contribution in [1.29, 1.82) is 42.1 Å². The fourth-order valence-corrected chi connectivity index (χ4v) is 5.30. The van der Waals surface area contributed by atoms with Crippen molar-refractivity contribution in [3.05, 3.63) is 93.1 Å². The van der Waals surface area contributed by atoms with Gasteiger partial charge in [0.05, 0.1) is 67.6 Å². The minimum atomic E-state index is -1.32. The topological polar surface area (TPSA) is 312 Å². The molecule has 232 valence electrons. The van der Waals surface area contributed by atoms with Gasteiger partial charge in [0, 0.05) is 6.07 Å². The Morgan fingerprint density at radius 2 is 0.882 bits per heavy atom. The number of imidazole rings is 2. The van der Waals surface area contributed by atoms with E-state index in [1.54, 1.807) is 0 Å². The smallest absolute Gasteiger partial charge is 0.266 e. The molecule has 0 bridgehead atoms. The van der Waals surface area contributed by atoms with E-state index in [0.29, 0.717) is 22.1 Å². The van der Waals surface area contributed by atoms with Crippen LogP contribution in [0.4, 0.5) is 0 Å². The normalized spacial score (nSPS) is 11.6. The second-order valence-electron chi connectivity index (χ2n) is 10.6. The molecule has 0 aliphatic rings. The Bertz CT molecular complexity index is 2700. The Morgan fingerprint density at radius 3 is 1.31 bits per heavy atom. The van der Waals surface area contributed by atoms with E-state index in [4.69, 9.17) is 4.42 Å². The van der Waals surface area contributed by atoms with Gasteiger partial charge in [0.15, 0.2) is 29.1 Å². The Hall–Kier alpha value is -9.00. The number of fused-ring (bicyclic) bond motifs is 3. The van der Waals surface area contributed by atoms with Crippen LogP contribution in [0.2, 0.25) is 0 Å². The van der Waals surface area contributed by atoms with Crippen LogP contribution in [0, 0.1) is 90.6 Å². The number of rotatable bonds is 5. The zero-order chi connectivity index (χ0) is 35.8. The minimum absolute atomic E-state index is 0.0480. The molecule has 17 heteroatoms. The molecule has 2 atom stereocenters. The lowest BCUT2D eigenvalue weighted by atomic mass is 10.1. The van der Waals surface area contributed by atoms with Gasteiger partial charge in [0.25, 0.3) is 5.89 Å². The number of benzene rings is 3. The first-order valence-corrected chi connectivity index (χ1v) is 14.3. The summed E-state index contributed by atoms with van der Waals surface area (Å²) in [7, 11) is 0. The fraction of sp³-hybridized carbons (Fsp3) is 0.0588. The largest absolute Gasteiger partial charge is 0.433 e. The third kappa shape index (κ3) is 5.06. The van der Waals surface area contributed by atoms with Crippen molar-refractivity contribution < 1.29 is 4.42 Å². The van der Waals surface area contributed by atoms with E-state index in [1.807, 2.05) is 36.4 Å². The van der Waals surface area contributed by atoms with Crippen molar-refractivity contribution in [2.45, 2.75) is 11.8 Å². The first-order chi connectivity index (χ1) is 24.8. The zero-order valence-electron chi connectivity index (χ0n) is 25.3. The van der Waals surface area contributed by atoms with Gasteiger partial charge in [-0.2, -0.15) is 42.1 Å². The summed E-state index contributed by atoms with van der Waals surface area (Å²) in [5.74, 6) is -3.32. The highest BCUT2D eigenvalue weighted by Gasteiger charge is 2.29. The predicted octanol–water partition coefficient (Wildman–Crippen LogP) is 3.97. The van der Waals surface area contributed by atoms with Gasteiger partial charge >= 0.3 is 0 Å². The molecule has 4 aromatic heterocycles. The fourth-order valence-electron chi connectivity index (χ4n) is 5.30. The summed E-state index contributed by atoms with van der Waals surface area (Å²) in [6.45, 7) is 0. The molecule has 51 heavy (non-hydrogen) atoms. The van der Waals surface area contributed by atoms with Gasteiger partial charge in [-0.1, -0.05) is 0 Å². The molecule has 0 saturated carbocycles. The number of aromatic nitrogens is 8. The second-order valence-corrected chi connectivity index (χ2v) is 10.6. The summed E-state index contributed by atoms with van der Waals surface area (Å²) in [6, 6.07) is 24.2. The predicted molar refractivity (Wildman–Crippen MR) is 168 cm³/mol. The van der Waals surface area contributed by atoms with Crippen LogP contribution in [0.3, 0.4) is 0 Å². The molecule has 17 nitrogen and oxygen atoms in total. The molecule has 0 fully saturated rings. The van der Waals surface area contributed by atoms with Crippen LogP contribution < -0.4 is 0 Å². The molecule has 0 saturated heterocycles. The molecular formula is C34H10N16O. The summed E-state index contributed by atoms with van der Waals surface area (Å²) in [5.41, 5.74) is 2.12. The third-order valence-electron chi connectivity index (χ3n) is 7.71. The van der Waals surface area contributed by atoms with Crippen LogP contribution in [0.1, 0.15) is 68.5 Å². The molecule has 0 spiro atoms. The molecule has 3 aromatic carbocycles. The molecule has 7 rings (SSSR count). The Balaban J connectivity index is 1.43. The van der Waals surface area contributed by atoms with Crippen molar-refractivity contribution in [3.63, 3.8) is 0 Å². The highest BCUT2D eigenvalue weighted by molar-refractivity contribution is 5.81. The maximum Gasteiger partial charge on any atom is 0.266 e. The van der Waals surface area contributed by atoms with Crippen LogP contribution >= 0.6 is 0 Å². The zero-order valence-corrected chi connectivity index (χ0v) is 25.3. The van der Waals surface area contributed by atoms with Gasteiger partial charge in [0.1, 0.15) is 53.6 Å². The molecular weight excluding hydrogens is 648 g/mol. The van der Waals surface area contributed by atoms with E-state index >= 15 is 0 Å². The second kappa shape index (κ2) is 12.0. The SMILES string of the molecule is N#Cc1cc2nc(C(C#N)c3nc(-c4nc5cc(C#N)c(C#N)cc5o4)nc(C(C#N)c4nc5cc(C#N)c(C#N)cc5[nH]4)n3)[nH]c2cc1C#N. The maximum absolute atomic E-state index is 10.4. The highest BCUT2D eigenvalue weighted by Crippen LogP contribution is 2.31. The first-order valence-electron chi connectivity index (χ1n) is 14.3. The number of oxazole rings is 1. The number of nitriles is 8. The molecule has 7 aromatic rings. The Labute approximate surface area is 284 Å². The molecule has 4 heterocycles. The van der Waals surface area contributed by atoms with Crippen LogP contribution in [0.25, 0.3) is 44.9 Å². The number of H-pyrrole nitrogens is 2. The summed E-state index contributed by atoms with van der Waals surface area (Å²) in [6.07, 6.45) is 0. The monoisotopic (exact) mass is 658 g/mol. The lowest BCUT2D eigenvalue weighted by molar-refractivity contribution is 0.607. The van der Waals surface area contributed by atoms with E-state index in [0.717, 1.165) is 0 Å². The molecule has 0 aliphatic heterocycles. The van der Waals surface area contributed by atoms with Crippen molar-refractivity contribution in [1.82, 2.24) is 39.9 Å². The number of hydrogen-bond donors (Lipinski definition) is 2. The molecule has 0 radical (unpaired) electrons. The Kier molecular flexibility index (Phi) is 7.20. The van der Waals surface area contributed by atoms with Gasteiger partial charge in [-0.15, -0.1) is 0 Å². The van der Waals surface area contributed by atoms with E-state index in [2.05, 4.69) is 52.0 Å². The Morgan fingerprint density at radius 1 is 0.471 bits per heavy atom. The number of hydrogen-bond acceptors (Lipinski definition) is 15. The summed E-state index contributed by atoms with van der Waals surface area (Å²) in [5, 5.41) is 77.6. The minimum Gasteiger partial charge on any atom is -0.433 e. The average molecular weight is 659 g/mol. The van der Waals surface area contributed by atoms with E-state index in [9.17, 15) is 42.1 Å². The quantitative estimate of drug-likeness (QED) is 0.264. The lowest BCUT2D eigenvalue weighted by Gasteiger charge is -2.10. The third-order valence-corrected chi connectivity index (χ3v) is 7.71. The van der Waals surface area contributed by atoms with Crippen molar-refractivity contribution in [3.8, 4) is 60.3 Å². The lowest BCUT2D eigenvalue weighted by Crippen LogP contribution is -2.14. The van der Waals surface area contributed by atoms with Gasteiger partial charge < -0.3 is 14.4 Å². The van der Waals surface area contributed by atoms with E-state index < -0.39 is 11.8 Å². The van der Waals surface area contributed by atoms with Crippen molar-refractivity contribution in [2.75, 3.05) is 0 Å². The molecule has 2 N–H and O–H groups in total. The van der Waals surface area contributed by atoms with Gasteiger partial charge in [0.2, 0.25) is 5.82 Å².